The second kappa shape index (κ2) is 7.24. The van der Waals surface area contributed by atoms with E-state index in [1.807, 2.05) is 13.8 Å². The summed E-state index contributed by atoms with van der Waals surface area (Å²) in [6, 6.07) is 4.34. The van der Waals surface area contributed by atoms with Crippen molar-refractivity contribution < 1.29 is 32.2 Å². The number of alkyl halides is 3. The molecule has 0 spiro atoms. The van der Waals surface area contributed by atoms with Crippen LogP contribution in [0.5, 0.6) is 0 Å². The Morgan fingerprint density at radius 1 is 1.24 bits per heavy atom. The third kappa shape index (κ3) is 4.02. The van der Waals surface area contributed by atoms with Crippen molar-refractivity contribution in [2.75, 3.05) is 6.61 Å². The highest BCUT2D eigenvalue weighted by Gasteiger charge is 2.45. The van der Waals surface area contributed by atoms with E-state index < -0.39 is 23.6 Å². The minimum absolute atomic E-state index is 0.0709. The Labute approximate surface area is 166 Å². The largest absolute Gasteiger partial charge is 0.462 e. The maximum absolute atomic E-state index is 13.0. The molecule has 0 radical (unpaired) electrons. The Morgan fingerprint density at radius 3 is 2.41 bits per heavy atom. The van der Waals surface area contributed by atoms with Crippen LogP contribution in [0.2, 0.25) is 0 Å². The van der Waals surface area contributed by atoms with Gasteiger partial charge in [0.05, 0.1) is 18.1 Å². The summed E-state index contributed by atoms with van der Waals surface area (Å²) in [6.45, 7) is 5.50. The van der Waals surface area contributed by atoms with Gasteiger partial charge in [-0.05, 0) is 30.0 Å². The molecular formula is C21H22F3NO4. The van der Waals surface area contributed by atoms with Crippen LogP contribution in [0.25, 0.3) is 0 Å². The zero-order chi connectivity index (χ0) is 21.6. The molecule has 0 bridgehead atoms. The number of carbonyl (C=O) groups excluding carboxylic acids is 2. The fourth-order valence-electron chi connectivity index (χ4n) is 3.79. The molecule has 0 unspecified atom stereocenters. The Hall–Kier alpha value is -2.77. The number of allylic oxidation sites excluding steroid dienone is 2. The number of Topliss-reactive ketones (excluding diaryl/α,β-unsaturated/α-hetero) is 1. The summed E-state index contributed by atoms with van der Waals surface area (Å²) in [7, 11) is 0. The van der Waals surface area contributed by atoms with E-state index in [2.05, 4.69) is 0 Å². The lowest BCUT2D eigenvalue weighted by atomic mass is 9.70. The summed E-state index contributed by atoms with van der Waals surface area (Å²) in [5.74, 6) is -1.78. The molecule has 1 aliphatic carbocycles. The van der Waals surface area contributed by atoms with Crippen LogP contribution in [0.1, 0.15) is 50.7 Å². The molecule has 1 aromatic rings. The van der Waals surface area contributed by atoms with Gasteiger partial charge in [-0.3, -0.25) is 4.79 Å². The van der Waals surface area contributed by atoms with Crippen LogP contribution in [-0.4, -0.2) is 18.4 Å². The summed E-state index contributed by atoms with van der Waals surface area (Å²) in [6.07, 6.45) is -3.85. The van der Waals surface area contributed by atoms with Gasteiger partial charge in [0.15, 0.2) is 5.78 Å². The van der Waals surface area contributed by atoms with E-state index >= 15 is 0 Å². The number of hydrogen-bond donors (Lipinski definition) is 1. The SMILES string of the molecule is CCOC(=O)C1=C(N)OC2=C(C(=O)CC(C)(C)C2)[C@@H]1c1ccc(C(F)(F)F)cc1. The molecule has 1 heterocycles. The molecule has 5 nitrogen and oxygen atoms in total. The molecule has 0 fully saturated rings. The van der Waals surface area contributed by atoms with E-state index in [1.165, 1.54) is 12.1 Å². The normalized spacial score (nSPS) is 21.6. The average Bonchev–Trinajstić information content (AvgIpc) is 2.58. The van der Waals surface area contributed by atoms with Gasteiger partial charge in [-0.15, -0.1) is 0 Å². The summed E-state index contributed by atoms with van der Waals surface area (Å²) in [5.41, 5.74) is 5.35. The zero-order valence-electron chi connectivity index (χ0n) is 16.4. The Morgan fingerprint density at radius 2 is 1.86 bits per heavy atom. The molecule has 0 amide bonds. The topological polar surface area (TPSA) is 78.6 Å². The fraction of sp³-hybridized carbons (Fsp3) is 0.429. The van der Waals surface area contributed by atoms with Gasteiger partial charge in [-0.1, -0.05) is 26.0 Å². The molecular weight excluding hydrogens is 387 g/mol. The summed E-state index contributed by atoms with van der Waals surface area (Å²) < 4.78 is 49.6. The minimum Gasteiger partial charge on any atom is -0.462 e. The number of rotatable bonds is 3. The van der Waals surface area contributed by atoms with Crippen molar-refractivity contribution in [2.45, 2.75) is 45.7 Å². The van der Waals surface area contributed by atoms with Gasteiger partial charge in [0.25, 0.3) is 0 Å². The monoisotopic (exact) mass is 409 g/mol. The maximum Gasteiger partial charge on any atom is 0.416 e. The fourth-order valence-corrected chi connectivity index (χ4v) is 3.79. The highest BCUT2D eigenvalue weighted by molar-refractivity contribution is 6.03. The lowest BCUT2D eigenvalue weighted by molar-refractivity contribution is -0.139. The van der Waals surface area contributed by atoms with Crippen LogP contribution in [-0.2, 0) is 25.2 Å². The quantitative estimate of drug-likeness (QED) is 0.757. The summed E-state index contributed by atoms with van der Waals surface area (Å²) in [5, 5.41) is 0. The predicted molar refractivity (Wildman–Crippen MR) is 98.2 cm³/mol. The molecule has 8 heteroatoms. The van der Waals surface area contributed by atoms with E-state index in [4.69, 9.17) is 15.2 Å². The van der Waals surface area contributed by atoms with E-state index in [-0.39, 0.29) is 41.3 Å². The number of esters is 1. The molecule has 1 aliphatic heterocycles. The molecule has 0 saturated heterocycles. The van der Waals surface area contributed by atoms with Crippen molar-refractivity contribution >= 4 is 11.8 Å². The lowest BCUT2D eigenvalue weighted by Crippen LogP contribution is -2.35. The van der Waals surface area contributed by atoms with Crippen LogP contribution < -0.4 is 5.73 Å². The van der Waals surface area contributed by atoms with Crippen molar-refractivity contribution in [3.63, 3.8) is 0 Å². The van der Waals surface area contributed by atoms with Crippen molar-refractivity contribution in [1.82, 2.24) is 0 Å². The van der Waals surface area contributed by atoms with Crippen LogP contribution in [0, 0.1) is 5.41 Å². The van der Waals surface area contributed by atoms with Crippen molar-refractivity contribution in [3.8, 4) is 0 Å². The lowest BCUT2D eigenvalue weighted by Gasteiger charge is -2.38. The molecule has 3 rings (SSSR count). The molecule has 1 atom stereocenters. The molecule has 2 aliphatic rings. The number of ether oxygens (including phenoxy) is 2. The molecule has 2 N–H and O–H groups in total. The van der Waals surface area contributed by atoms with Gasteiger partial charge in [-0.25, -0.2) is 4.79 Å². The van der Waals surface area contributed by atoms with Crippen molar-refractivity contribution in [1.29, 1.82) is 0 Å². The van der Waals surface area contributed by atoms with E-state index in [1.54, 1.807) is 6.92 Å². The van der Waals surface area contributed by atoms with Crippen LogP contribution in [0.4, 0.5) is 13.2 Å². The Kier molecular flexibility index (Phi) is 5.23. The van der Waals surface area contributed by atoms with Gasteiger partial charge >= 0.3 is 12.1 Å². The van der Waals surface area contributed by atoms with Gasteiger partial charge in [0.1, 0.15) is 11.3 Å². The molecule has 0 aromatic heterocycles. The average molecular weight is 409 g/mol. The minimum atomic E-state index is -4.50. The number of nitrogens with two attached hydrogens (primary N) is 1. The highest BCUT2D eigenvalue weighted by atomic mass is 19.4. The Bertz CT molecular complexity index is 911. The first-order valence-electron chi connectivity index (χ1n) is 9.22. The highest BCUT2D eigenvalue weighted by Crippen LogP contribution is 2.48. The number of ketones is 1. The first-order chi connectivity index (χ1) is 13.4. The molecule has 156 valence electrons. The number of benzene rings is 1. The van der Waals surface area contributed by atoms with E-state index in [0.29, 0.717) is 17.7 Å². The summed E-state index contributed by atoms with van der Waals surface area (Å²) in [4.78, 5) is 25.5. The summed E-state index contributed by atoms with van der Waals surface area (Å²) >= 11 is 0. The number of carbonyl (C=O) groups is 2. The maximum atomic E-state index is 13.0. The first-order valence-corrected chi connectivity index (χ1v) is 9.22. The molecule has 0 saturated carbocycles. The third-order valence-corrected chi connectivity index (χ3v) is 5.02. The number of halogens is 3. The molecule has 1 aromatic carbocycles. The third-order valence-electron chi connectivity index (χ3n) is 5.02. The van der Waals surface area contributed by atoms with Crippen LogP contribution in [0.3, 0.4) is 0 Å². The number of hydrogen-bond acceptors (Lipinski definition) is 5. The second-order valence-electron chi connectivity index (χ2n) is 7.93. The smallest absolute Gasteiger partial charge is 0.416 e. The Balaban J connectivity index is 2.15. The standard InChI is InChI=1S/C21H22F3NO4/c1-4-28-19(27)17-15(11-5-7-12(8-6-11)21(22,23)24)16-13(26)9-20(2,3)10-14(16)29-18(17)25/h5-8,15H,4,9-10,25H2,1-3H3/t15-/m0/s1. The van der Waals surface area contributed by atoms with Crippen LogP contribution >= 0.6 is 0 Å². The molecule has 29 heavy (non-hydrogen) atoms. The van der Waals surface area contributed by atoms with E-state index in [9.17, 15) is 22.8 Å². The van der Waals surface area contributed by atoms with Gasteiger partial charge in [0, 0.05) is 18.4 Å². The van der Waals surface area contributed by atoms with Crippen molar-refractivity contribution in [3.05, 3.63) is 58.2 Å². The van der Waals surface area contributed by atoms with E-state index in [0.717, 1.165) is 12.1 Å². The second-order valence-corrected chi connectivity index (χ2v) is 7.93. The van der Waals surface area contributed by atoms with Gasteiger partial charge < -0.3 is 15.2 Å². The van der Waals surface area contributed by atoms with Crippen molar-refractivity contribution in [2.24, 2.45) is 11.1 Å². The van der Waals surface area contributed by atoms with Gasteiger partial charge in [0.2, 0.25) is 5.88 Å². The zero-order valence-corrected chi connectivity index (χ0v) is 16.4. The predicted octanol–water partition coefficient (Wildman–Crippen LogP) is 4.20. The van der Waals surface area contributed by atoms with Gasteiger partial charge in [-0.2, -0.15) is 13.2 Å². The first kappa shape index (κ1) is 21.0. The van der Waals surface area contributed by atoms with Crippen LogP contribution in [0.15, 0.2) is 47.1 Å².